The Morgan fingerprint density at radius 1 is 0.917 bits per heavy atom. The molecular formula is C31H38N2O3. The number of nitrogens with one attached hydrogen (secondary N) is 1. The molecule has 1 N–H and O–H groups in total. The third-order valence-electron chi connectivity index (χ3n) is 6.34. The molecule has 3 rings (SSSR count). The van der Waals surface area contributed by atoms with Crippen molar-refractivity contribution < 1.29 is 14.3 Å². The fourth-order valence-corrected chi connectivity index (χ4v) is 4.18. The van der Waals surface area contributed by atoms with Gasteiger partial charge in [-0.05, 0) is 48.6 Å². The SMILES string of the molecule is CCCCNC(=O)[C@H](Cc1ccccc1)N(Cc1cccc(OC)c1)C(=O)CCc1ccc(C)cc1. The molecule has 0 spiro atoms. The zero-order valence-electron chi connectivity index (χ0n) is 21.7. The van der Waals surface area contributed by atoms with E-state index in [0.717, 1.165) is 35.3 Å². The molecule has 5 heteroatoms. The lowest BCUT2D eigenvalue weighted by atomic mass is 10.0. The van der Waals surface area contributed by atoms with E-state index < -0.39 is 6.04 Å². The van der Waals surface area contributed by atoms with Crippen LogP contribution in [0.3, 0.4) is 0 Å². The Balaban J connectivity index is 1.89. The second-order valence-electron chi connectivity index (χ2n) is 9.21. The maximum atomic E-state index is 13.7. The highest BCUT2D eigenvalue weighted by Gasteiger charge is 2.30. The van der Waals surface area contributed by atoms with E-state index in [4.69, 9.17) is 4.74 Å². The summed E-state index contributed by atoms with van der Waals surface area (Å²) in [6.45, 7) is 5.08. The molecule has 0 radical (unpaired) electrons. The van der Waals surface area contributed by atoms with Crippen LogP contribution >= 0.6 is 0 Å². The molecule has 190 valence electrons. The lowest BCUT2D eigenvalue weighted by Gasteiger charge is -2.32. The summed E-state index contributed by atoms with van der Waals surface area (Å²) in [7, 11) is 1.63. The van der Waals surface area contributed by atoms with Crippen molar-refractivity contribution in [3.63, 3.8) is 0 Å². The number of nitrogens with zero attached hydrogens (tertiary/aromatic N) is 1. The van der Waals surface area contributed by atoms with Gasteiger partial charge in [0.05, 0.1) is 7.11 Å². The minimum Gasteiger partial charge on any atom is -0.497 e. The predicted octanol–water partition coefficient (Wildman–Crippen LogP) is 5.49. The maximum absolute atomic E-state index is 13.7. The zero-order chi connectivity index (χ0) is 25.8. The van der Waals surface area contributed by atoms with E-state index in [0.29, 0.717) is 32.4 Å². The van der Waals surface area contributed by atoms with Gasteiger partial charge >= 0.3 is 0 Å². The van der Waals surface area contributed by atoms with Gasteiger partial charge in [-0.3, -0.25) is 9.59 Å². The molecule has 5 nitrogen and oxygen atoms in total. The van der Waals surface area contributed by atoms with E-state index in [1.807, 2.05) is 54.6 Å². The van der Waals surface area contributed by atoms with Crippen LogP contribution in [0.15, 0.2) is 78.9 Å². The van der Waals surface area contributed by atoms with Crippen molar-refractivity contribution in [1.29, 1.82) is 0 Å². The average Bonchev–Trinajstić information content (AvgIpc) is 2.91. The summed E-state index contributed by atoms with van der Waals surface area (Å²) in [5.74, 6) is 0.579. The van der Waals surface area contributed by atoms with Crippen LogP contribution in [-0.4, -0.2) is 36.4 Å². The molecule has 0 unspecified atom stereocenters. The minimum absolute atomic E-state index is 0.0371. The largest absolute Gasteiger partial charge is 0.497 e. The highest BCUT2D eigenvalue weighted by atomic mass is 16.5. The maximum Gasteiger partial charge on any atom is 0.243 e. The van der Waals surface area contributed by atoms with Gasteiger partial charge in [0.25, 0.3) is 0 Å². The highest BCUT2D eigenvalue weighted by Crippen LogP contribution is 2.20. The normalized spacial score (nSPS) is 11.5. The van der Waals surface area contributed by atoms with E-state index in [9.17, 15) is 9.59 Å². The molecule has 0 aliphatic carbocycles. The topological polar surface area (TPSA) is 58.6 Å². The third-order valence-corrected chi connectivity index (χ3v) is 6.34. The van der Waals surface area contributed by atoms with Crippen molar-refractivity contribution in [3.05, 3.63) is 101 Å². The Labute approximate surface area is 215 Å². The Kier molecular flexibility index (Phi) is 10.6. The summed E-state index contributed by atoms with van der Waals surface area (Å²) in [5.41, 5.74) is 4.26. The van der Waals surface area contributed by atoms with Crippen LogP contribution in [0.2, 0.25) is 0 Å². The van der Waals surface area contributed by atoms with Gasteiger partial charge in [0.2, 0.25) is 11.8 Å². The molecule has 0 heterocycles. The number of ether oxygens (including phenoxy) is 1. The number of methoxy groups -OCH3 is 1. The first kappa shape index (κ1) is 27.0. The molecule has 36 heavy (non-hydrogen) atoms. The number of aryl methyl sites for hydroxylation is 2. The first-order valence-electron chi connectivity index (χ1n) is 12.8. The predicted molar refractivity (Wildman–Crippen MR) is 145 cm³/mol. The Morgan fingerprint density at radius 2 is 1.64 bits per heavy atom. The molecule has 3 aromatic rings. The van der Waals surface area contributed by atoms with Crippen molar-refractivity contribution in [2.75, 3.05) is 13.7 Å². The second kappa shape index (κ2) is 14.1. The van der Waals surface area contributed by atoms with E-state index in [1.54, 1.807) is 12.0 Å². The molecule has 1 atom stereocenters. The number of carbonyl (C=O) groups excluding carboxylic acids is 2. The summed E-state index contributed by atoms with van der Waals surface area (Å²) in [6.07, 6.45) is 3.32. The average molecular weight is 487 g/mol. The van der Waals surface area contributed by atoms with Gasteiger partial charge in [-0.25, -0.2) is 0 Å². The molecule has 2 amide bonds. The fraction of sp³-hybridized carbons (Fsp3) is 0.355. The number of hydrogen-bond acceptors (Lipinski definition) is 3. The molecule has 0 saturated heterocycles. The van der Waals surface area contributed by atoms with Crippen molar-refractivity contribution in [1.82, 2.24) is 10.2 Å². The summed E-state index contributed by atoms with van der Waals surface area (Å²) < 4.78 is 5.40. The summed E-state index contributed by atoms with van der Waals surface area (Å²) in [4.78, 5) is 28.9. The summed E-state index contributed by atoms with van der Waals surface area (Å²) in [5, 5.41) is 3.07. The molecular weight excluding hydrogens is 448 g/mol. The van der Waals surface area contributed by atoms with E-state index in [-0.39, 0.29) is 11.8 Å². The number of amides is 2. The Bertz CT molecular complexity index is 1100. The summed E-state index contributed by atoms with van der Waals surface area (Å²) >= 11 is 0. The second-order valence-corrected chi connectivity index (χ2v) is 9.21. The molecule has 0 fully saturated rings. The van der Waals surface area contributed by atoms with Gasteiger partial charge in [0, 0.05) is 25.9 Å². The number of hydrogen-bond donors (Lipinski definition) is 1. The Hall–Kier alpha value is -3.60. The number of unbranched alkanes of at least 4 members (excludes halogenated alkanes) is 1. The zero-order valence-corrected chi connectivity index (χ0v) is 21.7. The fourth-order valence-electron chi connectivity index (χ4n) is 4.18. The van der Waals surface area contributed by atoms with Gasteiger partial charge in [-0.15, -0.1) is 0 Å². The van der Waals surface area contributed by atoms with E-state index >= 15 is 0 Å². The molecule has 0 aliphatic rings. The molecule has 0 aromatic heterocycles. The monoisotopic (exact) mass is 486 g/mol. The van der Waals surface area contributed by atoms with Crippen molar-refractivity contribution in [2.24, 2.45) is 0 Å². The number of carbonyl (C=O) groups is 2. The standard InChI is InChI=1S/C31H38N2O3/c1-4-5-20-32-31(35)29(22-26-10-7-6-8-11-26)33(23-27-12-9-13-28(21-27)36-3)30(34)19-18-25-16-14-24(2)15-17-25/h6-17,21,29H,4-5,18-20,22-23H2,1-3H3,(H,32,35)/t29-/m0/s1. The molecule has 0 aliphatic heterocycles. The van der Waals surface area contributed by atoms with Crippen LogP contribution in [-0.2, 0) is 29.0 Å². The van der Waals surface area contributed by atoms with Crippen molar-refractivity contribution in [3.8, 4) is 5.75 Å². The first-order valence-corrected chi connectivity index (χ1v) is 12.8. The third kappa shape index (κ3) is 8.26. The van der Waals surface area contributed by atoms with Crippen LogP contribution in [0, 0.1) is 6.92 Å². The molecule has 0 saturated carbocycles. The highest BCUT2D eigenvalue weighted by molar-refractivity contribution is 5.88. The van der Waals surface area contributed by atoms with Crippen LogP contribution in [0.4, 0.5) is 0 Å². The lowest BCUT2D eigenvalue weighted by Crippen LogP contribution is -2.50. The van der Waals surface area contributed by atoms with Gasteiger partial charge in [0.15, 0.2) is 0 Å². The minimum atomic E-state index is -0.610. The van der Waals surface area contributed by atoms with Gasteiger partial charge in [-0.1, -0.05) is 85.6 Å². The molecule has 3 aromatic carbocycles. The Morgan fingerprint density at radius 3 is 2.33 bits per heavy atom. The van der Waals surface area contributed by atoms with E-state index in [2.05, 4.69) is 43.4 Å². The van der Waals surface area contributed by atoms with Crippen LogP contribution in [0.1, 0.15) is 48.4 Å². The van der Waals surface area contributed by atoms with Crippen LogP contribution in [0.5, 0.6) is 5.75 Å². The van der Waals surface area contributed by atoms with E-state index in [1.165, 1.54) is 5.56 Å². The quantitative estimate of drug-likeness (QED) is 0.325. The first-order chi connectivity index (χ1) is 17.5. The van der Waals surface area contributed by atoms with Crippen molar-refractivity contribution >= 4 is 11.8 Å². The smallest absolute Gasteiger partial charge is 0.243 e. The lowest BCUT2D eigenvalue weighted by molar-refractivity contribution is -0.141. The van der Waals surface area contributed by atoms with Gasteiger partial charge in [0.1, 0.15) is 11.8 Å². The van der Waals surface area contributed by atoms with Gasteiger partial charge < -0.3 is 15.0 Å². The van der Waals surface area contributed by atoms with Crippen molar-refractivity contribution in [2.45, 2.75) is 58.5 Å². The van der Waals surface area contributed by atoms with Crippen LogP contribution in [0.25, 0.3) is 0 Å². The van der Waals surface area contributed by atoms with Gasteiger partial charge in [-0.2, -0.15) is 0 Å². The number of benzene rings is 3. The molecule has 0 bridgehead atoms. The number of rotatable bonds is 13. The van der Waals surface area contributed by atoms with Crippen LogP contribution < -0.4 is 10.1 Å². The summed E-state index contributed by atoms with van der Waals surface area (Å²) in [6, 6.07) is 25.2.